The molecule has 0 saturated heterocycles. The van der Waals surface area contributed by atoms with Crippen molar-refractivity contribution in [2.75, 3.05) is 5.09 Å². The van der Waals surface area contributed by atoms with Gasteiger partial charge in [0.25, 0.3) is 0 Å². The van der Waals surface area contributed by atoms with Crippen LogP contribution in [-0.4, -0.2) is 19.1 Å². The van der Waals surface area contributed by atoms with Crippen LogP contribution in [0.1, 0.15) is 5.82 Å². The van der Waals surface area contributed by atoms with Crippen molar-refractivity contribution in [1.29, 1.82) is 0 Å². The van der Waals surface area contributed by atoms with Gasteiger partial charge in [-0.05, 0) is 6.92 Å². The van der Waals surface area contributed by atoms with Gasteiger partial charge in [0.2, 0.25) is 5.13 Å². The lowest BCUT2D eigenvalue weighted by molar-refractivity contribution is 0.380. The Morgan fingerprint density at radius 3 is 2.64 bits per heavy atom. The summed E-state index contributed by atoms with van der Waals surface area (Å²) < 4.78 is 14.1. The summed E-state index contributed by atoms with van der Waals surface area (Å²) in [4.78, 5) is 20.5. The summed E-state index contributed by atoms with van der Waals surface area (Å²) in [5.41, 5.74) is 0. The van der Waals surface area contributed by atoms with Crippen molar-refractivity contribution < 1.29 is 14.4 Å². The normalized spacial score (nSPS) is 11.5. The standard InChI is InChI=1S/C3H6N3O3PS/c1-2-4-3(11-6-2)5-10(7,8)9/h1H3,(H3,4,5,6,7,8,9). The summed E-state index contributed by atoms with van der Waals surface area (Å²) in [6.07, 6.45) is 0. The van der Waals surface area contributed by atoms with E-state index in [2.05, 4.69) is 9.36 Å². The maximum atomic E-state index is 10.3. The van der Waals surface area contributed by atoms with Gasteiger partial charge in [-0.15, -0.1) is 0 Å². The van der Waals surface area contributed by atoms with Gasteiger partial charge in [-0.1, -0.05) is 0 Å². The molecule has 1 rings (SSSR count). The van der Waals surface area contributed by atoms with Gasteiger partial charge >= 0.3 is 7.75 Å². The summed E-state index contributed by atoms with van der Waals surface area (Å²) in [5, 5.41) is 2.05. The molecule has 0 spiro atoms. The van der Waals surface area contributed by atoms with Crippen LogP contribution in [0.5, 0.6) is 0 Å². The second kappa shape index (κ2) is 2.86. The lowest BCUT2D eigenvalue weighted by Crippen LogP contribution is -1.93. The zero-order valence-electron chi connectivity index (χ0n) is 5.55. The Morgan fingerprint density at radius 1 is 1.64 bits per heavy atom. The van der Waals surface area contributed by atoms with Gasteiger partial charge in [0, 0.05) is 11.5 Å². The molecule has 6 nitrogen and oxygen atoms in total. The summed E-state index contributed by atoms with van der Waals surface area (Å²) in [6, 6.07) is 0. The van der Waals surface area contributed by atoms with Crippen molar-refractivity contribution in [3.8, 4) is 0 Å². The first kappa shape index (κ1) is 8.61. The van der Waals surface area contributed by atoms with E-state index >= 15 is 0 Å². The summed E-state index contributed by atoms with van der Waals surface area (Å²) in [6.45, 7) is 1.64. The summed E-state index contributed by atoms with van der Waals surface area (Å²) >= 11 is 0.912. The number of hydrogen-bond acceptors (Lipinski definition) is 4. The topological polar surface area (TPSA) is 95.3 Å². The van der Waals surface area contributed by atoms with Crippen LogP contribution in [0.2, 0.25) is 0 Å². The van der Waals surface area contributed by atoms with Crippen molar-refractivity contribution in [2.45, 2.75) is 6.92 Å². The van der Waals surface area contributed by atoms with Crippen LogP contribution >= 0.6 is 19.3 Å². The molecular weight excluding hydrogens is 189 g/mol. The maximum absolute atomic E-state index is 10.3. The highest BCUT2D eigenvalue weighted by molar-refractivity contribution is 7.54. The third-order valence-corrected chi connectivity index (χ3v) is 2.15. The number of aryl methyl sites for hydroxylation is 1. The first-order chi connectivity index (χ1) is 4.97. The van der Waals surface area contributed by atoms with E-state index in [4.69, 9.17) is 9.79 Å². The van der Waals surface area contributed by atoms with Gasteiger partial charge < -0.3 is 9.79 Å². The Balaban J connectivity index is 2.73. The monoisotopic (exact) mass is 195 g/mol. The lowest BCUT2D eigenvalue weighted by atomic mass is 10.8. The van der Waals surface area contributed by atoms with Crippen LogP contribution < -0.4 is 5.09 Å². The van der Waals surface area contributed by atoms with E-state index in [1.54, 1.807) is 6.92 Å². The first-order valence-electron chi connectivity index (χ1n) is 2.61. The molecule has 0 aliphatic heterocycles. The average molecular weight is 195 g/mol. The van der Waals surface area contributed by atoms with Crippen LogP contribution in [0.3, 0.4) is 0 Å². The number of nitrogens with zero attached hydrogens (tertiary/aromatic N) is 2. The molecule has 0 amide bonds. The molecule has 1 aromatic heterocycles. The minimum atomic E-state index is -4.22. The van der Waals surface area contributed by atoms with Gasteiger partial charge in [-0.2, -0.15) is 4.37 Å². The second-order valence-electron chi connectivity index (χ2n) is 1.80. The minimum Gasteiger partial charge on any atom is -0.308 e. The van der Waals surface area contributed by atoms with Gasteiger partial charge in [0.15, 0.2) is 0 Å². The number of aromatic nitrogens is 2. The maximum Gasteiger partial charge on any atom is 0.429 e. The smallest absolute Gasteiger partial charge is 0.308 e. The Bertz CT molecular complexity index is 294. The third-order valence-electron chi connectivity index (χ3n) is 0.769. The van der Waals surface area contributed by atoms with Crippen LogP contribution in [0.25, 0.3) is 0 Å². The molecule has 0 bridgehead atoms. The molecule has 11 heavy (non-hydrogen) atoms. The third kappa shape index (κ3) is 2.94. The molecule has 0 saturated carbocycles. The number of anilines is 1. The molecular formula is C3H6N3O3PS. The zero-order chi connectivity index (χ0) is 8.48. The zero-order valence-corrected chi connectivity index (χ0v) is 7.26. The Kier molecular flexibility index (Phi) is 2.24. The van der Waals surface area contributed by atoms with Crippen molar-refractivity contribution in [3.05, 3.63) is 5.82 Å². The Labute approximate surface area is 66.7 Å². The van der Waals surface area contributed by atoms with Crippen molar-refractivity contribution >= 4 is 24.4 Å². The van der Waals surface area contributed by atoms with Gasteiger partial charge in [-0.3, -0.25) is 5.09 Å². The first-order valence-corrected chi connectivity index (χ1v) is 5.00. The Morgan fingerprint density at radius 2 is 2.27 bits per heavy atom. The molecule has 3 N–H and O–H groups in total. The van der Waals surface area contributed by atoms with Crippen LogP contribution in [0.4, 0.5) is 5.13 Å². The van der Waals surface area contributed by atoms with Crippen molar-refractivity contribution in [2.24, 2.45) is 0 Å². The Hall–Kier alpha value is -0.490. The number of nitrogens with one attached hydrogen (secondary N) is 1. The van der Waals surface area contributed by atoms with Gasteiger partial charge in [0.05, 0.1) is 0 Å². The highest BCUT2D eigenvalue weighted by Crippen LogP contribution is 2.35. The second-order valence-corrected chi connectivity index (χ2v) is 3.87. The summed E-state index contributed by atoms with van der Waals surface area (Å²) in [5.74, 6) is 0.492. The molecule has 0 fully saturated rings. The van der Waals surface area contributed by atoms with Gasteiger partial charge in [-0.25, -0.2) is 9.55 Å². The van der Waals surface area contributed by atoms with Crippen LogP contribution in [-0.2, 0) is 4.57 Å². The fourth-order valence-electron chi connectivity index (χ4n) is 0.467. The quantitative estimate of drug-likeness (QED) is 0.589. The number of hydrogen-bond donors (Lipinski definition) is 3. The van der Waals surface area contributed by atoms with E-state index in [1.807, 2.05) is 5.09 Å². The molecule has 0 aromatic carbocycles. The number of rotatable bonds is 2. The predicted molar refractivity (Wildman–Crippen MR) is 40.3 cm³/mol. The molecule has 0 atom stereocenters. The van der Waals surface area contributed by atoms with E-state index in [1.165, 1.54) is 0 Å². The van der Waals surface area contributed by atoms with E-state index in [0.717, 1.165) is 11.5 Å². The lowest BCUT2D eigenvalue weighted by Gasteiger charge is -2.00. The van der Waals surface area contributed by atoms with E-state index < -0.39 is 7.75 Å². The molecule has 1 heterocycles. The van der Waals surface area contributed by atoms with E-state index in [0.29, 0.717) is 5.82 Å². The fourth-order valence-corrected chi connectivity index (χ4v) is 1.72. The largest absolute Gasteiger partial charge is 0.429 e. The average Bonchev–Trinajstić information content (AvgIpc) is 2.10. The minimum absolute atomic E-state index is 0.135. The molecule has 1 aromatic rings. The van der Waals surface area contributed by atoms with Crippen molar-refractivity contribution in [1.82, 2.24) is 9.36 Å². The molecule has 8 heteroatoms. The van der Waals surface area contributed by atoms with E-state index in [9.17, 15) is 4.57 Å². The molecule has 0 aliphatic rings. The molecule has 0 aliphatic carbocycles. The predicted octanol–water partition coefficient (Wildman–Crippen LogP) is 0.351. The molecule has 0 unspecified atom stereocenters. The molecule has 0 radical (unpaired) electrons. The highest BCUT2D eigenvalue weighted by Gasteiger charge is 2.14. The molecule has 62 valence electrons. The van der Waals surface area contributed by atoms with E-state index in [-0.39, 0.29) is 5.13 Å². The van der Waals surface area contributed by atoms with Gasteiger partial charge in [0.1, 0.15) is 5.82 Å². The van der Waals surface area contributed by atoms with Crippen molar-refractivity contribution in [3.63, 3.8) is 0 Å². The van der Waals surface area contributed by atoms with Crippen LogP contribution in [0.15, 0.2) is 0 Å². The summed E-state index contributed by atoms with van der Waals surface area (Å²) in [7, 11) is -4.22. The fraction of sp³-hybridized carbons (Fsp3) is 0.333. The SMILES string of the molecule is Cc1nsc(NP(=O)(O)O)n1. The highest BCUT2D eigenvalue weighted by atomic mass is 32.1. The van der Waals surface area contributed by atoms with Crippen LogP contribution in [0, 0.1) is 6.92 Å².